The molecule has 0 spiro atoms. The lowest BCUT2D eigenvalue weighted by molar-refractivity contribution is -0.115. The molecule has 1 atom stereocenters. The Morgan fingerprint density at radius 3 is 2.07 bits per heavy atom. The summed E-state index contributed by atoms with van der Waals surface area (Å²) in [6.07, 6.45) is 16.3. The maximum atomic E-state index is 12.1. The third kappa shape index (κ3) is 10.7. The Hall–Kier alpha value is -2.00. The standard InChI is InChI=1S/C27H40O3/c1-20(2)10-7-11-21(3)12-8-13-22(4)14-9-16-27(6,30)17-15-24-19-25(28)18-23(5)26(24)29/h10,12,14,18-19,30H,7-9,11,13,15-17H2,1-6H3/b21-12+,22-14+/t27-/m1/s1. The molecule has 1 N–H and O–H groups in total. The van der Waals surface area contributed by atoms with Gasteiger partial charge in [0.25, 0.3) is 0 Å². The summed E-state index contributed by atoms with van der Waals surface area (Å²) in [7, 11) is 0. The van der Waals surface area contributed by atoms with E-state index in [2.05, 4.69) is 45.9 Å². The normalized spacial score (nSPS) is 17.4. The molecule has 3 heteroatoms. The molecule has 1 rings (SSSR count). The molecule has 0 aliphatic heterocycles. The topological polar surface area (TPSA) is 54.4 Å². The predicted octanol–water partition coefficient (Wildman–Crippen LogP) is 6.74. The fraction of sp³-hybridized carbons (Fsp3) is 0.556. The fourth-order valence-corrected chi connectivity index (χ4v) is 3.49. The average Bonchev–Trinajstić information content (AvgIpc) is 2.63. The molecule has 0 bridgehead atoms. The molecule has 166 valence electrons. The van der Waals surface area contributed by atoms with Crippen LogP contribution in [0.3, 0.4) is 0 Å². The van der Waals surface area contributed by atoms with Gasteiger partial charge in [-0.3, -0.25) is 9.59 Å². The number of Topliss-reactive ketones (excluding diaryl/α,β-unsaturated/α-hetero) is 1. The number of hydrogen-bond acceptors (Lipinski definition) is 3. The highest BCUT2D eigenvalue weighted by molar-refractivity contribution is 6.19. The van der Waals surface area contributed by atoms with Crippen LogP contribution < -0.4 is 0 Å². The van der Waals surface area contributed by atoms with E-state index in [0.717, 1.165) is 32.1 Å². The molecule has 0 aromatic carbocycles. The Balaban J connectivity index is 2.38. The summed E-state index contributed by atoms with van der Waals surface area (Å²) in [4.78, 5) is 23.8. The summed E-state index contributed by atoms with van der Waals surface area (Å²) >= 11 is 0. The van der Waals surface area contributed by atoms with Gasteiger partial charge in [0, 0.05) is 11.1 Å². The van der Waals surface area contributed by atoms with E-state index in [1.165, 1.54) is 28.9 Å². The van der Waals surface area contributed by atoms with E-state index < -0.39 is 5.60 Å². The van der Waals surface area contributed by atoms with E-state index in [4.69, 9.17) is 0 Å². The number of rotatable bonds is 12. The molecule has 3 nitrogen and oxygen atoms in total. The molecule has 0 unspecified atom stereocenters. The van der Waals surface area contributed by atoms with Crippen molar-refractivity contribution in [2.75, 3.05) is 0 Å². The quantitative estimate of drug-likeness (QED) is 0.285. The highest BCUT2D eigenvalue weighted by Crippen LogP contribution is 2.25. The van der Waals surface area contributed by atoms with Crippen molar-refractivity contribution in [1.29, 1.82) is 0 Å². The first-order valence-corrected chi connectivity index (χ1v) is 11.1. The minimum Gasteiger partial charge on any atom is -0.390 e. The maximum Gasteiger partial charge on any atom is 0.184 e. The minimum atomic E-state index is -0.850. The first-order chi connectivity index (χ1) is 14.0. The van der Waals surface area contributed by atoms with Crippen LogP contribution in [0.5, 0.6) is 0 Å². The largest absolute Gasteiger partial charge is 0.390 e. The van der Waals surface area contributed by atoms with Crippen LogP contribution in [0.4, 0.5) is 0 Å². The molecule has 1 aliphatic rings. The van der Waals surface area contributed by atoms with Crippen LogP contribution in [0, 0.1) is 0 Å². The van der Waals surface area contributed by atoms with Crippen molar-refractivity contribution in [2.24, 2.45) is 0 Å². The van der Waals surface area contributed by atoms with Crippen molar-refractivity contribution in [3.63, 3.8) is 0 Å². The third-order valence-corrected chi connectivity index (χ3v) is 5.56. The van der Waals surface area contributed by atoms with Gasteiger partial charge < -0.3 is 5.11 Å². The summed E-state index contributed by atoms with van der Waals surface area (Å²) in [5, 5.41) is 10.7. The van der Waals surface area contributed by atoms with Gasteiger partial charge in [0.2, 0.25) is 0 Å². The lowest BCUT2D eigenvalue weighted by atomic mass is 9.87. The van der Waals surface area contributed by atoms with Crippen molar-refractivity contribution in [2.45, 2.75) is 98.5 Å². The van der Waals surface area contributed by atoms with E-state index in [9.17, 15) is 14.7 Å². The highest BCUT2D eigenvalue weighted by atomic mass is 16.3. The molecule has 0 radical (unpaired) electrons. The van der Waals surface area contributed by atoms with Gasteiger partial charge in [-0.1, -0.05) is 34.9 Å². The predicted molar refractivity (Wildman–Crippen MR) is 126 cm³/mol. The van der Waals surface area contributed by atoms with Gasteiger partial charge in [0.1, 0.15) is 0 Å². The van der Waals surface area contributed by atoms with E-state index >= 15 is 0 Å². The van der Waals surface area contributed by atoms with E-state index in [-0.39, 0.29) is 11.6 Å². The Labute approximate surface area is 183 Å². The summed E-state index contributed by atoms with van der Waals surface area (Å²) in [5.74, 6) is -0.216. The molecular weight excluding hydrogens is 372 g/mol. The average molecular weight is 413 g/mol. The monoisotopic (exact) mass is 412 g/mol. The lowest BCUT2D eigenvalue weighted by Gasteiger charge is -2.23. The number of hydrogen-bond donors (Lipinski definition) is 1. The summed E-state index contributed by atoms with van der Waals surface area (Å²) in [6.45, 7) is 12.1. The van der Waals surface area contributed by atoms with Crippen LogP contribution in [0.25, 0.3) is 0 Å². The van der Waals surface area contributed by atoms with Crippen molar-refractivity contribution in [1.82, 2.24) is 0 Å². The SMILES string of the molecule is CC(C)=CCC/C(C)=C/CC/C(C)=C/CC[C@@](C)(O)CCC1=CC(=O)C=C(C)C1=O. The van der Waals surface area contributed by atoms with Crippen molar-refractivity contribution in [3.8, 4) is 0 Å². The second kappa shape index (κ2) is 12.6. The molecular formula is C27H40O3. The van der Waals surface area contributed by atoms with E-state index in [0.29, 0.717) is 30.4 Å². The summed E-state index contributed by atoms with van der Waals surface area (Å²) in [5.41, 5.74) is 4.31. The first-order valence-electron chi connectivity index (χ1n) is 11.1. The van der Waals surface area contributed by atoms with E-state index in [1.54, 1.807) is 6.92 Å². The first kappa shape index (κ1) is 26.0. The molecule has 30 heavy (non-hydrogen) atoms. The lowest BCUT2D eigenvalue weighted by Crippen LogP contribution is -2.25. The van der Waals surface area contributed by atoms with Crippen molar-refractivity contribution in [3.05, 3.63) is 58.2 Å². The Morgan fingerprint density at radius 1 is 0.900 bits per heavy atom. The van der Waals surface area contributed by atoms with Gasteiger partial charge in [0.05, 0.1) is 5.60 Å². The molecule has 0 aromatic heterocycles. The van der Waals surface area contributed by atoms with Gasteiger partial charge in [-0.25, -0.2) is 0 Å². The molecule has 1 aliphatic carbocycles. The van der Waals surface area contributed by atoms with Gasteiger partial charge in [-0.05, 0) is 105 Å². The Morgan fingerprint density at radius 2 is 1.47 bits per heavy atom. The molecule has 0 fully saturated rings. The van der Waals surface area contributed by atoms with Gasteiger partial charge in [-0.15, -0.1) is 0 Å². The fourth-order valence-electron chi connectivity index (χ4n) is 3.49. The zero-order valence-corrected chi connectivity index (χ0v) is 19.8. The second-order valence-electron chi connectivity index (χ2n) is 9.22. The van der Waals surface area contributed by atoms with Crippen LogP contribution in [-0.2, 0) is 9.59 Å². The number of ketones is 2. The Kier molecular flexibility index (Phi) is 11.0. The van der Waals surface area contributed by atoms with Crippen molar-refractivity contribution < 1.29 is 14.7 Å². The van der Waals surface area contributed by atoms with Crippen molar-refractivity contribution >= 4 is 11.6 Å². The summed E-state index contributed by atoms with van der Waals surface area (Å²) in [6, 6.07) is 0. The second-order valence-corrected chi connectivity index (χ2v) is 9.22. The minimum absolute atomic E-state index is 0.0784. The van der Waals surface area contributed by atoms with Crippen LogP contribution in [-0.4, -0.2) is 22.3 Å². The van der Waals surface area contributed by atoms with Gasteiger partial charge >= 0.3 is 0 Å². The molecule has 0 saturated heterocycles. The number of aliphatic hydroxyl groups is 1. The molecule has 0 aromatic rings. The number of carbonyl (C=O) groups excluding carboxylic acids is 2. The van der Waals surface area contributed by atoms with Gasteiger partial charge in [0.15, 0.2) is 11.6 Å². The highest BCUT2D eigenvalue weighted by Gasteiger charge is 2.24. The van der Waals surface area contributed by atoms with Crippen LogP contribution >= 0.6 is 0 Å². The van der Waals surface area contributed by atoms with Crippen LogP contribution in [0.1, 0.15) is 92.9 Å². The Bertz CT molecular complexity index is 766. The third-order valence-electron chi connectivity index (χ3n) is 5.56. The smallest absolute Gasteiger partial charge is 0.184 e. The maximum absolute atomic E-state index is 12.1. The van der Waals surface area contributed by atoms with Crippen LogP contribution in [0.15, 0.2) is 58.2 Å². The molecule has 0 heterocycles. The summed E-state index contributed by atoms with van der Waals surface area (Å²) < 4.78 is 0. The van der Waals surface area contributed by atoms with E-state index in [1.807, 2.05) is 6.92 Å². The zero-order chi connectivity index (χ0) is 22.7. The molecule has 0 saturated carbocycles. The van der Waals surface area contributed by atoms with Gasteiger partial charge in [-0.2, -0.15) is 0 Å². The van der Waals surface area contributed by atoms with Crippen LogP contribution in [0.2, 0.25) is 0 Å². The number of allylic oxidation sites excluding steroid dienone is 10. The zero-order valence-electron chi connectivity index (χ0n) is 19.8. The molecule has 0 amide bonds. The number of carbonyl (C=O) groups is 2.